The lowest BCUT2D eigenvalue weighted by Crippen LogP contribution is -2.45. The molecule has 4 rings (SSSR count). The molecular weight excluding hydrogens is 416 g/mol. The largest absolute Gasteiger partial charge is 0.461 e. The van der Waals surface area contributed by atoms with E-state index < -0.39 is 5.41 Å². The average molecular weight is 449 g/mol. The number of nitrogens with one attached hydrogen (secondary N) is 2. The fourth-order valence-corrected chi connectivity index (χ4v) is 4.98. The zero-order chi connectivity index (χ0) is 23.1. The van der Waals surface area contributed by atoms with Crippen LogP contribution in [-0.4, -0.2) is 34.6 Å². The maximum Gasteiger partial charge on any atom is 0.320 e. The van der Waals surface area contributed by atoms with E-state index in [4.69, 9.17) is 4.74 Å². The van der Waals surface area contributed by atoms with Crippen LogP contribution >= 0.6 is 0 Å². The summed E-state index contributed by atoms with van der Waals surface area (Å²) in [7, 11) is 0. The number of hydrogen-bond acceptors (Lipinski definition) is 5. The molecule has 0 aliphatic heterocycles. The number of anilines is 1. The number of rotatable bonds is 7. The number of benzene rings is 1. The van der Waals surface area contributed by atoms with E-state index in [1.165, 1.54) is 12.4 Å². The highest BCUT2D eigenvalue weighted by molar-refractivity contribution is 5.88. The molecule has 2 fully saturated rings. The number of carbonyl (C=O) groups excluding carboxylic acids is 2. The van der Waals surface area contributed by atoms with Crippen molar-refractivity contribution in [2.24, 2.45) is 5.92 Å². The van der Waals surface area contributed by atoms with Crippen LogP contribution in [0.2, 0.25) is 0 Å². The molecule has 2 amide bonds. The van der Waals surface area contributed by atoms with E-state index in [2.05, 4.69) is 39.3 Å². The minimum Gasteiger partial charge on any atom is -0.461 e. The van der Waals surface area contributed by atoms with Crippen LogP contribution in [0.4, 0.5) is 10.6 Å². The van der Waals surface area contributed by atoms with E-state index >= 15 is 0 Å². The number of urea groups is 1. The summed E-state index contributed by atoms with van der Waals surface area (Å²) < 4.78 is 6.13. The van der Waals surface area contributed by atoms with Crippen LogP contribution in [0.3, 0.4) is 0 Å². The molecule has 7 nitrogen and oxygen atoms in total. The summed E-state index contributed by atoms with van der Waals surface area (Å²) in [5.41, 5.74) is 1.57. The smallest absolute Gasteiger partial charge is 0.320 e. The van der Waals surface area contributed by atoms with Crippen molar-refractivity contribution in [1.29, 1.82) is 0 Å². The van der Waals surface area contributed by atoms with Crippen LogP contribution in [0.25, 0.3) is 0 Å². The molecule has 2 unspecified atom stereocenters. The van der Waals surface area contributed by atoms with Crippen molar-refractivity contribution in [3.63, 3.8) is 0 Å². The standard InChI is InChI=1S/C26H32N4O3/c1-19-17-22(21(19)11-14-29-25(32)30-23-18-27-15-16-28-23)33-24(31)26(12-7-2-3-8-13-26)20-9-5-4-6-10-20/h4-6,9-10,15-16,18,21-22H,1-3,7-8,11-14,17H2,(H2,28,29,30,32). The Morgan fingerprint density at radius 2 is 1.85 bits per heavy atom. The molecule has 2 aliphatic carbocycles. The molecule has 174 valence electrons. The van der Waals surface area contributed by atoms with Crippen molar-refractivity contribution >= 4 is 17.8 Å². The Hall–Kier alpha value is -3.22. The number of hydrogen-bond donors (Lipinski definition) is 2. The van der Waals surface area contributed by atoms with Crippen molar-refractivity contribution in [3.05, 3.63) is 66.6 Å². The second kappa shape index (κ2) is 10.6. The van der Waals surface area contributed by atoms with Gasteiger partial charge in [-0.05, 0) is 24.8 Å². The first-order valence-electron chi connectivity index (χ1n) is 11.8. The molecule has 0 bridgehead atoms. The van der Waals surface area contributed by atoms with Crippen molar-refractivity contribution in [2.75, 3.05) is 11.9 Å². The van der Waals surface area contributed by atoms with Crippen LogP contribution in [0.5, 0.6) is 0 Å². The van der Waals surface area contributed by atoms with Crippen molar-refractivity contribution in [1.82, 2.24) is 15.3 Å². The number of esters is 1. The van der Waals surface area contributed by atoms with E-state index in [-0.39, 0.29) is 24.0 Å². The average Bonchev–Trinajstić information content (AvgIpc) is 3.10. The molecule has 1 aromatic heterocycles. The van der Waals surface area contributed by atoms with E-state index in [9.17, 15) is 9.59 Å². The number of amides is 2. The molecule has 2 aromatic rings. The molecule has 7 heteroatoms. The predicted octanol–water partition coefficient (Wildman–Crippen LogP) is 4.77. The van der Waals surface area contributed by atoms with Crippen LogP contribution < -0.4 is 10.6 Å². The second-order valence-corrected chi connectivity index (χ2v) is 9.04. The van der Waals surface area contributed by atoms with Gasteiger partial charge in [0.2, 0.25) is 0 Å². The first-order chi connectivity index (χ1) is 16.1. The van der Waals surface area contributed by atoms with Gasteiger partial charge in [0.1, 0.15) is 6.10 Å². The summed E-state index contributed by atoms with van der Waals surface area (Å²) in [6, 6.07) is 9.77. The van der Waals surface area contributed by atoms with Gasteiger partial charge in [0.15, 0.2) is 5.82 Å². The van der Waals surface area contributed by atoms with Crippen molar-refractivity contribution < 1.29 is 14.3 Å². The lowest BCUT2D eigenvalue weighted by atomic mass is 9.72. The summed E-state index contributed by atoms with van der Waals surface area (Å²) in [6.45, 7) is 4.58. The minimum atomic E-state index is -0.561. The third kappa shape index (κ3) is 5.41. The highest BCUT2D eigenvalue weighted by atomic mass is 16.5. The predicted molar refractivity (Wildman–Crippen MR) is 127 cm³/mol. The lowest BCUT2D eigenvalue weighted by molar-refractivity contribution is -0.162. The third-order valence-corrected chi connectivity index (χ3v) is 6.91. The van der Waals surface area contributed by atoms with Crippen LogP contribution in [-0.2, 0) is 14.9 Å². The Kier molecular flexibility index (Phi) is 7.37. The number of aromatic nitrogens is 2. The van der Waals surface area contributed by atoms with Gasteiger partial charge in [0.05, 0.1) is 11.6 Å². The van der Waals surface area contributed by atoms with Gasteiger partial charge in [-0.25, -0.2) is 9.78 Å². The van der Waals surface area contributed by atoms with Crippen LogP contribution in [0.15, 0.2) is 61.1 Å². The maximum atomic E-state index is 13.6. The highest BCUT2D eigenvalue weighted by Crippen LogP contribution is 2.43. The van der Waals surface area contributed by atoms with E-state index in [1.54, 1.807) is 6.20 Å². The van der Waals surface area contributed by atoms with Crippen molar-refractivity contribution in [2.45, 2.75) is 62.9 Å². The molecular formula is C26H32N4O3. The van der Waals surface area contributed by atoms with Gasteiger partial charge < -0.3 is 10.1 Å². The molecule has 0 saturated heterocycles. The van der Waals surface area contributed by atoms with E-state index in [0.29, 0.717) is 25.2 Å². The molecule has 1 heterocycles. The SMILES string of the molecule is C=C1CC(OC(=O)C2(c3ccccc3)CCCCCC2)C1CCNC(=O)Nc1cnccn1. The van der Waals surface area contributed by atoms with Crippen molar-refractivity contribution in [3.8, 4) is 0 Å². The summed E-state index contributed by atoms with van der Waals surface area (Å²) in [5.74, 6) is 0.347. The number of carbonyl (C=O) groups is 2. The molecule has 33 heavy (non-hydrogen) atoms. The maximum absolute atomic E-state index is 13.6. The monoisotopic (exact) mass is 448 g/mol. The zero-order valence-corrected chi connectivity index (χ0v) is 19.0. The van der Waals surface area contributed by atoms with Gasteiger partial charge >= 0.3 is 12.0 Å². The summed E-state index contributed by atoms with van der Waals surface area (Å²) in [5, 5.41) is 5.48. The lowest BCUT2D eigenvalue weighted by Gasteiger charge is -2.41. The first-order valence-corrected chi connectivity index (χ1v) is 11.8. The van der Waals surface area contributed by atoms with Crippen LogP contribution in [0.1, 0.15) is 56.9 Å². The molecule has 2 aliphatic rings. The van der Waals surface area contributed by atoms with Gasteiger partial charge in [-0.3, -0.25) is 15.1 Å². The Morgan fingerprint density at radius 1 is 1.09 bits per heavy atom. The van der Waals surface area contributed by atoms with Crippen LogP contribution in [0, 0.1) is 5.92 Å². The molecule has 2 N–H and O–H groups in total. The van der Waals surface area contributed by atoms with Gasteiger partial charge in [-0.15, -0.1) is 0 Å². The molecule has 2 saturated carbocycles. The minimum absolute atomic E-state index is 0.0596. The Balaban J connectivity index is 1.34. The van der Waals surface area contributed by atoms with Gasteiger partial charge in [0, 0.05) is 31.3 Å². The van der Waals surface area contributed by atoms with Gasteiger partial charge in [-0.2, -0.15) is 0 Å². The Bertz CT molecular complexity index is 956. The zero-order valence-electron chi connectivity index (χ0n) is 19.0. The van der Waals surface area contributed by atoms with Gasteiger partial charge in [0.25, 0.3) is 0 Å². The Morgan fingerprint density at radius 3 is 2.52 bits per heavy atom. The number of ether oxygens (including phenoxy) is 1. The topological polar surface area (TPSA) is 93.2 Å². The quantitative estimate of drug-likeness (QED) is 0.362. The van der Waals surface area contributed by atoms with Gasteiger partial charge in [-0.1, -0.05) is 68.2 Å². The molecule has 1 aromatic carbocycles. The van der Waals surface area contributed by atoms with E-state index in [0.717, 1.165) is 49.7 Å². The summed E-state index contributed by atoms with van der Waals surface area (Å²) in [6.07, 6.45) is 11.8. The number of nitrogens with zero attached hydrogens (tertiary/aromatic N) is 2. The summed E-state index contributed by atoms with van der Waals surface area (Å²) in [4.78, 5) is 33.6. The normalized spacial score (nSPS) is 21.9. The second-order valence-electron chi connectivity index (χ2n) is 9.04. The highest BCUT2D eigenvalue weighted by Gasteiger charge is 2.45. The molecule has 0 radical (unpaired) electrons. The van der Waals surface area contributed by atoms with E-state index in [1.807, 2.05) is 18.2 Å². The summed E-state index contributed by atoms with van der Waals surface area (Å²) >= 11 is 0. The Labute approximate surface area is 195 Å². The molecule has 2 atom stereocenters. The first kappa shape index (κ1) is 23.0. The fourth-order valence-electron chi connectivity index (χ4n) is 4.98. The molecule has 0 spiro atoms. The third-order valence-electron chi connectivity index (χ3n) is 6.91. The fraction of sp³-hybridized carbons (Fsp3) is 0.462.